The maximum Gasteiger partial charge on any atom is 0.294 e. The lowest BCUT2D eigenvalue weighted by Gasteiger charge is -2.00. The van der Waals surface area contributed by atoms with E-state index in [-0.39, 0.29) is 0 Å². The minimum atomic E-state index is 0.568. The van der Waals surface area contributed by atoms with Gasteiger partial charge in [0.1, 0.15) is 0 Å². The number of halogens is 1. The van der Waals surface area contributed by atoms with Gasteiger partial charge in [-0.1, -0.05) is 11.2 Å². The first-order valence-corrected chi connectivity index (χ1v) is 5.97. The first kappa shape index (κ1) is 10.5. The van der Waals surface area contributed by atoms with Crippen LogP contribution in [0.15, 0.2) is 28.3 Å². The highest BCUT2D eigenvalue weighted by Crippen LogP contribution is 2.22. The molecule has 0 saturated heterocycles. The number of ether oxygens (including phenoxy) is 1. The van der Waals surface area contributed by atoms with E-state index in [4.69, 9.17) is 4.74 Å². The van der Waals surface area contributed by atoms with Gasteiger partial charge in [0.15, 0.2) is 3.92 Å². The molecule has 0 amide bonds. The van der Waals surface area contributed by atoms with E-state index in [0.29, 0.717) is 11.8 Å². The zero-order valence-electron chi connectivity index (χ0n) is 7.76. The van der Waals surface area contributed by atoms with Gasteiger partial charge in [0, 0.05) is 18.3 Å². The van der Waals surface area contributed by atoms with E-state index in [1.165, 1.54) is 11.3 Å². The van der Waals surface area contributed by atoms with Gasteiger partial charge in [-0.05, 0) is 39.4 Å². The average molecular weight is 286 g/mol. The molecule has 78 valence electrons. The van der Waals surface area contributed by atoms with Gasteiger partial charge < -0.3 is 4.74 Å². The largest absolute Gasteiger partial charge is 0.469 e. The Balaban J connectivity index is 1.80. The van der Waals surface area contributed by atoms with Crippen LogP contribution in [0.1, 0.15) is 5.69 Å². The lowest BCUT2D eigenvalue weighted by atomic mass is 10.3. The first-order valence-electron chi connectivity index (χ1n) is 4.36. The fourth-order valence-corrected chi connectivity index (χ4v) is 1.98. The second-order valence-electron chi connectivity index (χ2n) is 2.74. The molecule has 4 nitrogen and oxygen atoms in total. The summed E-state index contributed by atoms with van der Waals surface area (Å²) in [5.41, 5.74) is 1.01. The summed E-state index contributed by atoms with van der Waals surface area (Å²) in [6.45, 7) is 0.568. The maximum absolute atomic E-state index is 5.41. The number of hydrogen-bond acceptors (Lipinski definition) is 5. The predicted octanol–water partition coefficient (Wildman–Crippen LogP) is 2.32. The third-order valence-electron chi connectivity index (χ3n) is 1.69. The van der Waals surface area contributed by atoms with Crippen LogP contribution in [0, 0.1) is 0 Å². The molecule has 0 saturated carbocycles. The zero-order chi connectivity index (χ0) is 10.5. The topological polar surface area (TPSA) is 47.9 Å². The fourth-order valence-electron chi connectivity index (χ4n) is 1.04. The van der Waals surface area contributed by atoms with Crippen LogP contribution in [-0.2, 0) is 6.42 Å². The van der Waals surface area contributed by atoms with Crippen LogP contribution in [0.25, 0.3) is 0 Å². The second-order valence-corrected chi connectivity index (χ2v) is 4.96. The zero-order valence-corrected chi connectivity index (χ0v) is 10.2. The van der Waals surface area contributed by atoms with Gasteiger partial charge in [0.05, 0.1) is 6.61 Å². The Labute approximate surface area is 99.5 Å². The summed E-state index contributed by atoms with van der Waals surface area (Å²) in [6.07, 6.45) is 2.55. The van der Waals surface area contributed by atoms with Crippen molar-refractivity contribution in [3.63, 3.8) is 0 Å². The van der Waals surface area contributed by atoms with E-state index in [1.54, 1.807) is 6.20 Å². The van der Waals surface area contributed by atoms with E-state index in [9.17, 15) is 0 Å². The summed E-state index contributed by atoms with van der Waals surface area (Å²) in [4.78, 5) is 4.19. The van der Waals surface area contributed by atoms with Crippen molar-refractivity contribution in [3.05, 3.63) is 34.0 Å². The molecule has 0 bridgehead atoms. The summed E-state index contributed by atoms with van der Waals surface area (Å²) in [6, 6.07) is 5.83. The van der Waals surface area contributed by atoms with Crippen molar-refractivity contribution in [2.75, 3.05) is 6.61 Å². The van der Waals surface area contributed by atoms with Crippen LogP contribution in [0.4, 0.5) is 0 Å². The number of aromatic nitrogens is 3. The Hall–Kier alpha value is -1.01. The van der Waals surface area contributed by atoms with Gasteiger partial charge in [-0.15, -0.1) is 5.10 Å². The lowest BCUT2D eigenvalue weighted by molar-refractivity contribution is 0.316. The maximum atomic E-state index is 5.41. The minimum Gasteiger partial charge on any atom is -0.469 e. The number of nitrogens with zero attached hydrogens (tertiary/aromatic N) is 3. The summed E-state index contributed by atoms with van der Waals surface area (Å²) in [7, 11) is 0. The van der Waals surface area contributed by atoms with Crippen LogP contribution in [0.5, 0.6) is 5.19 Å². The Morgan fingerprint density at radius 2 is 2.27 bits per heavy atom. The standard InChI is InChI=1S/C9H8BrN3OS/c10-8-12-13-9(15-8)14-6-4-7-3-1-2-5-11-7/h1-3,5H,4,6H2. The Bertz CT molecular complexity index is 420. The van der Waals surface area contributed by atoms with Crippen molar-refractivity contribution >= 4 is 27.3 Å². The molecular weight excluding hydrogens is 278 g/mol. The molecule has 2 aromatic rings. The smallest absolute Gasteiger partial charge is 0.294 e. The van der Waals surface area contributed by atoms with Gasteiger partial charge in [-0.25, -0.2) is 0 Å². The van der Waals surface area contributed by atoms with E-state index < -0.39 is 0 Å². The van der Waals surface area contributed by atoms with E-state index in [2.05, 4.69) is 31.1 Å². The third-order valence-corrected chi connectivity index (χ3v) is 2.96. The van der Waals surface area contributed by atoms with Gasteiger partial charge in [-0.3, -0.25) is 4.98 Å². The summed E-state index contributed by atoms with van der Waals surface area (Å²) < 4.78 is 6.14. The highest BCUT2D eigenvalue weighted by molar-refractivity contribution is 9.11. The molecule has 0 aliphatic heterocycles. The summed E-state index contributed by atoms with van der Waals surface area (Å²) >= 11 is 4.60. The molecule has 0 radical (unpaired) electrons. The molecule has 0 fully saturated rings. The van der Waals surface area contributed by atoms with Crippen LogP contribution in [0.3, 0.4) is 0 Å². The SMILES string of the molecule is Brc1nnc(OCCc2ccccn2)s1. The van der Waals surface area contributed by atoms with Gasteiger partial charge in [0.2, 0.25) is 0 Å². The Kier molecular flexibility index (Phi) is 3.63. The summed E-state index contributed by atoms with van der Waals surface area (Å²) in [5.74, 6) is 0. The fraction of sp³-hybridized carbons (Fsp3) is 0.222. The predicted molar refractivity (Wildman–Crippen MR) is 61.0 cm³/mol. The molecule has 2 heterocycles. The van der Waals surface area contributed by atoms with Gasteiger partial charge in [0.25, 0.3) is 5.19 Å². The van der Waals surface area contributed by atoms with Gasteiger partial charge in [-0.2, -0.15) is 0 Å². The van der Waals surface area contributed by atoms with Crippen molar-refractivity contribution < 1.29 is 4.74 Å². The van der Waals surface area contributed by atoms with Crippen molar-refractivity contribution in [3.8, 4) is 5.19 Å². The molecule has 2 aromatic heterocycles. The van der Waals surface area contributed by atoms with Gasteiger partial charge >= 0.3 is 0 Å². The molecule has 0 spiro atoms. The molecule has 0 aromatic carbocycles. The Morgan fingerprint density at radius 1 is 1.33 bits per heavy atom. The molecule has 0 atom stereocenters. The van der Waals surface area contributed by atoms with E-state index in [0.717, 1.165) is 16.0 Å². The monoisotopic (exact) mass is 285 g/mol. The third kappa shape index (κ3) is 3.24. The molecule has 15 heavy (non-hydrogen) atoms. The highest BCUT2D eigenvalue weighted by Gasteiger charge is 2.01. The Morgan fingerprint density at radius 3 is 2.93 bits per heavy atom. The number of pyridine rings is 1. The van der Waals surface area contributed by atoms with Crippen LogP contribution in [-0.4, -0.2) is 21.8 Å². The molecule has 0 N–H and O–H groups in total. The summed E-state index contributed by atoms with van der Waals surface area (Å²) in [5, 5.41) is 8.19. The van der Waals surface area contributed by atoms with Crippen LogP contribution < -0.4 is 4.74 Å². The normalized spacial score (nSPS) is 10.2. The number of rotatable bonds is 4. The average Bonchev–Trinajstić information content (AvgIpc) is 2.66. The highest BCUT2D eigenvalue weighted by atomic mass is 79.9. The molecule has 0 aliphatic carbocycles. The van der Waals surface area contributed by atoms with Crippen molar-refractivity contribution in [1.29, 1.82) is 0 Å². The molecule has 0 unspecified atom stereocenters. The lowest BCUT2D eigenvalue weighted by Crippen LogP contribution is -2.02. The first-order chi connectivity index (χ1) is 7.34. The molecule has 0 aliphatic rings. The van der Waals surface area contributed by atoms with E-state index >= 15 is 0 Å². The number of hydrogen-bond donors (Lipinski definition) is 0. The van der Waals surface area contributed by atoms with Crippen molar-refractivity contribution in [2.24, 2.45) is 0 Å². The molecule has 6 heteroatoms. The van der Waals surface area contributed by atoms with Crippen molar-refractivity contribution in [1.82, 2.24) is 15.2 Å². The second kappa shape index (κ2) is 5.18. The quantitative estimate of drug-likeness (QED) is 0.865. The van der Waals surface area contributed by atoms with Crippen molar-refractivity contribution in [2.45, 2.75) is 6.42 Å². The van der Waals surface area contributed by atoms with Crippen LogP contribution >= 0.6 is 27.3 Å². The molecule has 2 rings (SSSR count). The van der Waals surface area contributed by atoms with E-state index in [1.807, 2.05) is 18.2 Å². The minimum absolute atomic E-state index is 0.568. The molecular formula is C9H8BrN3OS. The van der Waals surface area contributed by atoms with Crippen LogP contribution in [0.2, 0.25) is 0 Å².